The van der Waals surface area contributed by atoms with E-state index in [0.717, 1.165) is 5.56 Å². The zero-order valence-electron chi connectivity index (χ0n) is 11.2. The van der Waals surface area contributed by atoms with Crippen LogP contribution in [0.25, 0.3) is 0 Å². The van der Waals surface area contributed by atoms with Crippen LogP contribution in [0.1, 0.15) is 24.3 Å². The Bertz CT molecular complexity index is 512. The largest absolute Gasteiger partial charge is 0.511 e. The van der Waals surface area contributed by atoms with Crippen molar-refractivity contribution in [3.63, 3.8) is 0 Å². The highest BCUT2D eigenvalue weighted by Crippen LogP contribution is 2.32. The van der Waals surface area contributed by atoms with Crippen LogP contribution in [0.3, 0.4) is 0 Å². The van der Waals surface area contributed by atoms with E-state index in [1.54, 1.807) is 0 Å². The van der Waals surface area contributed by atoms with Crippen molar-refractivity contribution in [1.82, 2.24) is 0 Å². The van der Waals surface area contributed by atoms with Gasteiger partial charge in [0.2, 0.25) is 0 Å². The normalized spacial score (nSPS) is 19.2. The molecule has 2 rings (SSSR count). The lowest BCUT2D eigenvalue weighted by molar-refractivity contribution is -0.116. The fourth-order valence-corrected chi connectivity index (χ4v) is 2.25. The molecule has 4 nitrogen and oxygen atoms in total. The molecule has 0 saturated heterocycles. The van der Waals surface area contributed by atoms with Crippen LogP contribution in [-0.4, -0.2) is 30.2 Å². The molecular formula is C15H19ClN2O2. The van der Waals surface area contributed by atoms with Gasteiger partial charge in [-0.3, -0.25) is 9.79 Å². The van der Waals surface area contributed by atoms with Crippen LogP contribution >= 0.6 is 12.4 Å². The first-order valence-corrected chi connectivity index (χ1v) is 6.42. The molecule has 1 aromatic rings. The van der Waals surface area contributed by atoms with E-state index in [-0.39, 0.29) is 29.9 Å². The molecule has 108 valence electrons. The molecule has 1 aliphatic carbocycles. The zero-order valence-corrected chi connectivity index (χ0v) is 12.0. The monoisotopic (exact) mass is 294 g/mol. The summed E-state index contributed by atoms with van der Waals surface area (Å²) in [4.78, 5) is 16.1. The number of allylic oxidation sites excluding steroid dienone is 2. The molecule has 0 bridgehead atoms. The van der Waals surface area contributed by atoms with E-state index in [9.17, 15) is 9.90 Å². The zero-order chi connectivity index (χ0) is 13.7. The first kappa shape index (κ1) is 16.4. The number of nitrogens with two attached hydrogens (primary N) is 1. The molecule has 0 spiro atoms. The van der Waals surface area contributed by atoms with Crippen LogP contribution in [0.5, 0.6) is 0 Å². The second-order valence-corrected chi connectivity index (χ2v) is 4.62. The first-order chi connectivity index (χ1) is 9.22. The van der Waals surface area contributed by atoms with E-state index in [2.05, 4.69) is 4.99 Å². The third-order valence-corrected chi connectivity index (χ3v) is 3.23. The highest BCUT2D eigenvalue weighted by Gasteiger charge is 2.27. The van der Waals surface area contributed by atoms with Crippen molar-refractivity contribution < 1.29 is 9.90 Å². The first-order valence-electron chi connectivity index (χ1n) is 6.42. The van der Waals surface area contributed by atoms with Gasteiger partial charge in [0, 0.05) is 25.6 Å². The standard InChI is InChI=1S/C15H18N2O2.ClH/c16-6-7-17-10-13-14(18)8-12(9-15(13)19)11-4-2-1-3-5-11;/h1-5,10,12,18H,6-9,16H2;1H. The number of rotatable bonds is 4. The van der Waals surface area contributed by atoms with Gasteiger partial charge in [-0.15, -0.1) is 12.4 Å². The lowest BCUT2D eigenvalue weighted by Crippen LogP contribution is -2.19. The van der Waals surface area contributed by atoms with E-state index in [1.807, 2.05) is 30.3 Å². The molecule has 0 heterocycles. The Labute approximate surface area is 124 Å². The van der Waals surface area contributed by atoms with Crippen molar-refractivity contribution in [3.05, 3.63) is 47.2 Å². The van der Waals surface area contributed by atoms with E-state index in [1.165, 1.54) is 6.21 Å². The van der Waals surface area contributed by atoms with Gasteiger partial charge in [-0.2, -0.15) is 0 Å². The summed E-state index contributed by atoms with van der Waals surface area (Å²) in [5.74, 6) is 0.129. The molecule has 3 N–H and O–H groups in total. The van der Waals surface area contributed by atoms with Gasteiger partial charge < -0.3 is 10.8 Å². The van der Waals surface area contributed by atoms with Crippen LogP contribution in [-0.2, 0) is 4.79 Å². The number of carbonyl (C=O) groups is 1. The molecule has 0 radical (unpaired) electrons. The van der Waals surface area contributed by atoms with Gasteiger partial charge in [-0.25, -0.2) is 0 Å². The number of ketones is 1. The van der Waals surface area contributed by atoms with Gasteiger partial charge in [0.1, 0.15) is 5.76 Å². The number of halogens is 1. The van der Waals surface area contributed by atoms with Gasteiger partial charge in [0.15, 0.2) is 5.78 Å². The third-order valence-electron chi connectivity index (χ3n) is 3.23. The number of aliphatic imine (C=N–C) groups is 1. The van der Waals surface area contributed by atoms with E-state index >= 15 is 0 Å². The summed E-state index contributed by atoms with van der Waals surface area (Å²) in [7, 11) is 0. The predicted octanol–water partition coefficient (Wildman–Crippen LogP) is 2.40. The number of benzene rings is 1. The number of carbonyl (C=O) groups excluding carboxylic acids is 1. The Balaban J connectivity index is 0.00000200. The van der Waals surface area contributed by atoms with Crippen LogP contribution in [0.15, 0.2) is 46.7 Å². The minimum Gasteiger partial charge on any atom is -0.511 e. The maximum absolute atomic E-state index is 12.0. The van der Waals surface area contributed by atoms with Gasteiger partial charge in [0.25, 0.3) is 0 Å². The number of Topliss-reactive ketones (excluding diaryl/α,β-unsaturated/α-hetero) is 1. The lowest BCUT2D eigenvalue weighted by Gasteiger charge is -2.22. The Morgan fingerprint density at radius 2 is 2.00 bits per heavy atom. The van der Waals surface area contributed by atoms with Crippen molar-refractivity contribution in [2.24, 2.45) is 10.7 Å². The van der Waals surface area contributed by atoms with Crippen molar-refractivity contribution in [2.75, 3.05) is 13.1 Å². The van der Waals surface area contributed by atoms with Crippen molar-refractivity contribution in [1.29, 1.82) is 0 Å². The smallest absolute Gasteiger partial charge is 0.168 e. The van der Waals surface area contributed by atoms with Crippen LogP contribution in [0.4, 0.5) is 0 Å². The molecule has 0 aliphatic heterocycles. The minimum atomic E-state index is -0.0571. The molecule has 1 aliphatic rings. The summed E-state index contributed by atoms with van der Waals surface area (Å²) >= 11 is 0. The topological polar surface area (TPSA) is 75.7 Å². The average Bonchev–Trinajstić information content (AvgIpc) is 2.43. The predicted molar refractivity (Wildman–Crippen MR) is 82.7 cm³/mol. The Morgan fingerprint density at radius 1 is 1.30 bits per heavy atom. The summed E-state index contributed by atoms with van der Waals surface area (Å²) in [5, 5.41) is 10.0. The number of hydrogen-bond donors (Lipinski definition) is 2. The van der Waals surface area contributed by atoms with Crippen LogP contribution in [0, 0.1) is 0 Å². The fourth-order valence-electron chi connectivity index (χ4n) is 2.25. The quantitative estimate of drug-likeness (QED) is 0.837. The number of hydrogen-bond acceptors (Lipinski definition) is 4. The molecule has 20 heavy (non-hydrogen) atoms. The number of aliphatic hydroxyl groups is 1. The summed E-state index contributed by atoms with van der Waals surface area (Å²) in [6, 6.07) is 9.80. The summed E-state index contributed by atoms with van der Waals surface area (Å²) in [6.07, 6.45) is 2.35. The van der Waals surface area contributed by atoms with Crippen LogP contribution in [0.2, 0.25) is 0 Å². The maximum atomic E-state index is 12.0. The van der Waals surface area contributed by atoms with Gasteiger partial charge in [-0.05, 0) is 11.5 Å². The highest BCUT2D eigenvalue weighted by atomic mass is 35.5. The minimum absolute atomic E-state index is 0. The van der Waals surface area contributed by atoms with E-state index < -0.39 is 0 Å². The summed E-state index contributed by atoms with van der Waals surface area (Å²) < 4.78 is 0. The Morgan fingerprint density at radius 3 is 2.60 bits per heavy atom. The van der Waals surface area contributed by atoms with Gasteiger partial charge in [0.05, 0.1) is 12.1 Å². The molecule has 1 unspecified atom stereocenters. The summed E-state index contributed by atoms with van der Waals surface area (Å²) in [5.41, 5.74) is 6.75. The Kier molecular flexibility index (Phi) is 6.42. The average molecular weight is 295 g/mol. The lowest BCUT2D eigenvalue weighted by atomic mass is 9.83. The van der Waals surface area contributed by atoms with Crippen LogP contribution < -0.4 is 5.73 Å². The van der Waals surface area contributed by atoms with E-state index in [4.69, 9.17) is 5.73 Å². The molecule has 0 amide bonds. The maximum Gasteiger partial charge on any atom is 0.168 e. The SMILES string of the molecule is Cl.NCCN=CC1=C(O)CC(c2ccccc2)CC1=O. The van der Waals surface area contributed by atoms with Gasteiger partial charge >= 0.3 is 0 Å². The number of aliphatic hydroxyl groups excluding tert-OH is 1. The number of nitrogens with zero attached hydrogens (tertiary/aromatic N) is 1. The molecule has 0 saturated carbocycles. The van der Waals surface area contributed by atoms with Gasteiger partial charge in [-0.1, -0.05) is 30.3 Å². The second kappa shape index (κ2) is 7.82. The summed E-state index contributed by atoms with van der Waals surface area (Å²) in [6.45, 7) is 0.900. The molecular weight excluding hydrogens is 276 g/mol. The Hall–Kier alpha value is -1.65. The molecule has 0 fully saturated rings. The van der Waals surface area contributed by atoms with E-state index in [0.29, 0.717) is 31.5 Å². The third kappa shape index (κ3) is 3.92. The fraction of sp³-hybridized carbons (Fsp3) is 0.333. The van der Waals surface area contributed by atoms with Crippen molar-refractivity contribution >= 4 is 24.4 Å². The highest BCUT2D eigenvalue weighted by molar-refractivity contribution is 6.14. The van der Waals surface area contributed by atoms with Crippen molar-refractivity contribution in [3.8, 4) is 0 Å². The molecule has 1 atom stereocenters. The molecule has 0 aromatic heterocycles. The van der Waals surface area contributed by atoms with Crippen molar-refractivity contribution in [2.45, 2.75) is 18.8 Å². The molecule has 1 aromatic carbocycles. The second-order valence-electron chi connectivity index (χ2n) is 4.62. The molecule has 5 heteroatoms.